The van der Waals surface area contributed by atoms with Crippen molar-refractivity contribution in [3.8, 4) is 0 Å². The molecule has 1 aromatic carbocycles. The molecular weight excluding hydrogens is 280 g/mol. The van der Waals surface area contributed by atoms with Crippen LogP contribution in [-0.4, -0.2) is 47.9 Å². The average molecular weight is 304 g/mol. The minimum atomic E-state index is -0.970. The van der Waals surface area contributed by atoms with Gasteiger partial charge in [0.05, 0.1) is 0 Å². The maximum atomic E-state index is 12.9. The molecule has 1 heterocycles. The van der Waals surface area contributed by atoms with Crippen molar-refractivity contribution < 1.29 is 9.59 Å². The number of amides is 3. The zero-order valence-corrected chi connectivity index (χ0v) is 13.0. The van der Waals surface area contributed by atoms with Crippen LogP contribution in [-0.2, 0) is 10.3 Å². The zero-order valence-electron chi connectivity index (χ0n) is 13.0. The second-order valence-electron chi connectivity index (χ2n) is 5.61. The molecule has 120 valence electrons. The van der Waals surface area contributed by atoms with Gasteiger partial charge in [0.1, 0.15) is 5.54 Å². The summed E-state index contributed by atoms with van der Waals surface area (Å²) >= 11 is 0. The molecule has 0 aromatic heterocycles. The molecule has 3 amide bonds. The normalized spacial score (nSPS) is 21.8. The molecule has 1 aliphatic heterocycles. The molecule has 22 heavy (non-hydrogen) atoms. The Hall–Kier alpha value is -1.92. The van der Waals surface area contributed by atoms with Crippen LogP contribution in [0, 0.1) is 0 Å². The molecule has 1 fully saturated rings. The number of urea groups is 1. The standard InChI is InChI=1S/C16H24N4O2/c1-16(13-7-3-2-4-8-13)14(21)19(11-5-9-17)15(22)20(16)12-6-10-18/h2-4,7-8H,5-6,9-12,17-18H2,1H3. The lowest BCUT2D eigenvalue weighted by Gasteiger charge is -2.32. The van der Waals surface area contributed by atoms with Crippen LogP contribution in [0.3, 0.4) is 0 Å². The summed E-state index contributed by atoms with van der Waals surface area (Å²) in [5.41, 5.74) is 10.9. The molecule has 1 aliphatic rings. The van der Waals surface area contributed by atoms with Crippen molar-refractivity contribution in [3.63, 3.8) is 0 Å². The molecule has 1 atom stereocenters. The number of nitrogens with two attached hydrogens (primary N) is 2. The highest BCUT2D eigenvalue weighted by molar-refractivity contribution is 6.07. The number of benzene rings is 1. The Morgan fingerprint density at radius 1 is 1.00 bits per heavy atom. The van der Waals surface area contributed by atoms with Gasteiger partial charge in [-0.3, -0.25) is 9.69 Å². The zero-order chi connectivity index (χ0) is 16.2. The SMILES string of the molecule is CC1(c2ccccc2)C(=O)N(CCCN)C(=O)N1CCCN. The van der Waals surface area contributed by atoms with Crippen molar-refractivity contribution >= 4 is 11.9 Å². The number of hydrogen-bond acceptors (Lipinski definition) is 4. The van der Waals surface area contributed by atoms with E-state index in [2.05, 4.69) is 0 Å². The number of imide groups is 1. The first kappa shape index (κ1) is 16.5. The number of carbonyl (C=O) groups is 2. The van der Waals surface area contributed by atoms with Gasteiger partial charge >= 0.3 is 6.03 Å². The fraction of sp³-hybridized carbons (Fsp3) is 0.500. The van der Waals surface area contributed by atoms with E-state index in [1.807, 2.05) is 37.3 Å². The smallest absolute Gasteiger partial charge is 0.327 e. The minimum absolute atomic E-state index is 0.186. The summed E-state index contributed by atoms with van der Waals surface area (Å²) in [4.78, 5) is 28.5. The van der Waals surface area contributed by atoms with Crippen molar-refractivity contribution in [3.05, 3.63) is 35.9 Å². The predicted molar refractivity (Wildman–Crippen MR) is 85.0 cm³/mol. The predicted octanol–water partition coefficient (Wildman–Crippen LogP) is 0.864. The van der Waals surface area contributed by atoms with E-state index in [0.29, 0.717) is 39.0 Å². The molecule has 1 aromatic rings. The van der Waals surface area contributed by atoms with Gasteiger partial charge in [-0.1, -0.05) is 30.3 Å². The van der Waals surface area contributed by atoms with E-state index in [1.54, 1.807) is 4.90 Å². The highest BCUT2D eigenvalue weighted by Crippen LogP contribution is 2.37. The lowest BCUT2D eigenvalue weighted by molar-refractivity contribution is -0.133. The second kappa shape index (κ2) is 6.89. The van der Waals surface area contributed by atoms with Crippen molar-refractivity contribution in [2.24, 2.45) is 11.5 Å². The van der Waals surface area contributed by atoms with E-state index >= 15 is 0 Å². The van der Waals surface area contributed by atoms with E-state index in [4.69, 9.17) is 11.5 Å². The van der Waals surface area contributed by atoms with Crippen molar-refractivity contribution in [1.29, 1.82) is 0 Å². The number of rotatable bonds is 7. The average Bonchev–Trinajstić information content (AvgIpc) is 2.73. The van der Waals surface area contributed by atoms with Crippen LogP contribution in [0.5, 0.6) is 0 Å². The van der Waals surface area contributed by atoms with Crippen molar-refractivity contribution in [1.82, 2.24) is 9.80 Å². The van der Waals surface area contributed by atoms with Gasteiger partial charge in [-0.05, 0) is 38.4 Å². The van der Waals surface area contributed by atoms with Crippen LogP contribution in [0.2, 0.25) is 0 Å². The van der Waals surface area contributed by atoms with Crippen LogP contribution in [0.1, 0.15) is 25.3 Å². The third-order valence-corrected chi connectivity index (χ3v) is 4.17. The molecule has 6 heteroatoms. The molecule has 0 radical (unpaired) electrons. The quantitative estimate of drug-likeness (QED) is 0.731. The molecule has 0 bridgehead atoms. The van der Waals surface area contributed by atoms with E-state index in [1.165, 1.54) is 4.90 Å². The summed E-state index contributed by atoms with van der Waals surface area (Å²) < 4.78 is 0. The summed E-state index contributed by atoms with van der Waals surface area (Å²) in [5.74, 6) is -0.186. The summed E-state index contributed by atoms with van der Waals surface area (Å²) in [5, 5.41) is 0. The molecule has 1 saturated heterocycles. The minimum Gasteiger partial charge on any atom is -0.330 e. The van der Waals surface area contributed by atoms with Gasteiger partial charge in [0, 0.05) is 13.1 Å². The molecule has 1 unspecified atom stereocenters. The second-order valence-corrected chi connectivity index (χ2v) is 5.61. The van der Waals surface area contributed by atoms with Gasteiger partial charge in [-0.25, -0.2) is 4.79 Å². The number of nitrogens with zero attached hydrogens (tertiary/aromatic N) is 2. The van der Waals surface area contributed by atoms with Crippen LogP contribution < -0.4 is 11.5 Å². The Bertz CT molecular complexity index is 534. The Balaban J connectivity index is 2.38. The number of hydrogen-bond donors (Lipinski definition) is 2. The van der Waals surface area contributed by atoms with Gasteiger partial charge in [0.15, 0.2) is 0 Å². The molecule has 4 N–H and O–H groups in total. The molecule has 0 spiro atoms. The lowest BCUT2D eigenvalue weighted by Crippen LogP contribution is -2.45. The Kier molecular flexibility index (Phi) is 5.15. The fourth-order valence-electron chi connectivity index (χ4n) is 2.86. The van der Waals surface area contributed by atoms with E-state index < -0.39 is 5.54 Å². The van der Waals surface area contributed by atoms with Gasteiger partial charge < -0.3 is 16.4 Å². The molecule has 0 aliphatic carbocycles. The number of carbonyl (C=O) groups excluding carboxylic acids is 2. The maximum Gasteiger partial charge on any atom is 0.327 e. The third kappa shape index (κ3) is 2.71. The van der Waals surface area contributed by atoms with Gasteiger partial charge in [-0.2, -0.15) is 0 Å². The van der Waals surface area contributed by atoms with Crippen molar-refractivity contribution in [2.45, 2.75) is 25.3 Å². The van der Waals surface area contributed by atoms with Gasteiger partial charge in [0.25, 0.3) is 5.91 Å². The molecule has 0 saturated carbocycles. The summed E-state index contributed by atoms with van der Waals surface area (Å²) in [6, 6.07) is 9.16. The first-order chi connectivity index (χ1) is 10.6. The molecule has 6 nitrogen and oxygen atoms in total. The van der Waals surface area contributed by atoms with E-state index in [9.17, 15) is 9.59 Å². The lowest BCUT2D eigenvalue weighted by atomic mass is 9.90. The Morgan fingerprint density at radius 3 is 2.18 bits per heavy atom. The summed E-state index contributed by atoms with van der Waals surface area (Å²) in [7, 11) is 0. The van der Waals surface area contributed by atoms with Crippen LogP contribution >= 0.6 is 0 Å². The van der Waals surface area contributed by atoms with E-state index in [-0.39, 0.29) is 11.9 Å². The summed E-state index contributed by atoms with van der Waals surface area (Å²) in [6.07, 6.45) is 1.26. The van der Waals surface area contributed by atoms with Gasteiger partial charge in [0.2, 0.25) is 0 Å². The molecular formula is C16H24N4O2. The highest BCUT2D eigenvalue weighted by atomic mass is 16.2. The largest absolute Gasteiger partial charge is 0.330 e. The highest BCUT2D eigenvalue weighted by Gasteiger charge is 2.54. The third-order valence-electron chi connectivity index (χ3n) is 4.17. The molecule has 2 rings (SSSR count). The summed E-state index contributed by atoms with van der Waals surface area (Å²) in [6.45, 7) is 3.55. The van der Waals surface area contributed by atoms with Crippen molar-refractivity contribution in [2.75, 3.05) is 26.2 Å². The first-order valence-corrected chi connectivity index (χ1v) is 7.66. The van der Waals surface area contributed by atoms with E-state index in [0.717, 1.165) is 5.56 Å². The first-order valence-electron chi connectivity index (χ1n) is 7.66. The fourth-order valence-corrected chi connectivity index (χ4v) is 2.86. The van der Waals surface area contributed by atoms with Gasteiger partial charge in [-0.15, -0.1) is 0 Å². The van der Waals surface area contributed by atoms with Crippen LogP contribution in [0.25, 0.3) is 0 Å². The van der Waals surface area contributed by atoms with Crippen LogP contribution in [0.4, 0.5) is 4.79 Å². The Morgan fingerprint density at radius 2 is 1.59 bits per heavy atom. The monoisotopic (exact) mass is 304 g/mol. The van der Waals surface area contributed by atoms with Crippen LogP contribution in [0.15, 0.2) is 30.3 Å². The Labute approximate surface area is 131 Å². The maximum absolute atomic E-state index is 12.9. The topological polar surface area (TPSA) is 92.7 Å².